The van der Waals surface area contributed by atoms with Gasteiger partial charge in [0.1, 0.15) is 44.9 Å². The lowest BCUT2D eigenvalue weighted by molar-refractivity contribution is 0.443. The molecule has 0 amide bonds. The Hall–Kier alpha value is -4.43. The summed E-state index contributed by atoms with van der Waals surface area (Å²) in [7, 11) is 0. The fourth-order valence-electron chi connectivity index (χ4n) is 7.48. The maximum atomic E-state index is 10.9. The lowest BCUT2D eigenvalue weighted by Gasteiger charge is -2.21. The lowest BCUT2D eigenvalue weighted by Crippen LogP contribution is -2.12. The van der Waals surface area contributed by atoms with Crippen LogP contribution in [0.2, 0.25) is 5.02 Å². The molecule has 8 rings (SSSR count). The number of fused-ring (bicyclic) bond motifs is 8. The van der Waals surface area contributed by atoms with Crippen molar-refractivity contribution in [3.8, 4) is 22.9 Å². The molecule has 4 aromatic carbocycles. The van der Waals surface area contributed by atoms with Gasteiger partial charge in [-0.15, -0.1) is 28.1 Å². The number of aryl methyl sites for hydroxylation is 3. The van der Waals surface area contributed by atoms with Crippen LogP contribution >= 0.6 is 11.6 Å². The smallest absolute Gasteiger partial charge is 0.146 e. The molecule has 0 aliphatic carbocycles. The molecule has 0 bridgehead atoms. The van der Waals surface area contributed by atoms with Gasteiger partial charge in [-0.25, -0.2) is 0 Å². The molecule has 0 spiro atoms. The first-order valence-corrected chi connectivity index (χ1v) is 19.2. The number of rotatable bonds is 13. The molecular formula is C42H53ClN6O2. The quantitative estimate of drug-likeness (QED) is 0.117. The maximum absolute atomic E-state index is 10.9. The van der Waals surface area contributed by atoms with Crippen molar-refractivity contribution < 1.29 is 10.2 Å². The van der Waals surface area contributed by atoms with Crippen LogP contribution < -0.4 is 0 Å². The fourth-order valence-corrected chi connectivity index (χ4v) is 7.65. The number of para-hydroxylation sites is 2. The zero-order valence-electron chi connectivity index (χ0n) is 31.1. The molecule has 0 radical (unpaired) electrons. The van der Waals surface area contributed by atoms with Crippen molar-refractivity contribution in [1.82, 2.24) is 28.1 Å². The van der Waals surface area contributed by atoms with Gasteiger partial charge in [0.15, 0.2) is 0 Å². The molecule has 270 valence electrons. The number of phenols is 2. The van der Waals surface area contributed by atoms with E-state index in [0.29, 0.717) is 16.5 Å². The number of aromatic nitrogens is 6. The van der Waals surface area contributed by atoms with E-state index < -0.39 is 0 Å². The van der Waals surface area contributed by atoms with E-state index in [2.05, 4.69) is 98.1 Å². The van der Waals surface area contributed by atoms with E-state index in [1.54, 1.807) is 0 Å². The van der Waals surface area contributed by atoms with Crippen molar-refractivity contribution in [2.24, 2.45) is 0 Å². The van der Waals surface area contributed by atoms with Crippen LogP contribution in [-0.4, -0.2) is 38.3 Å². The van der Waals surface area contributed by atoms with Crippen LogP contribution in [0.3, 0.4) is 0 Å². The molecule has 0 aliphatic rings. The van der Waals surface area contributed by atoms with Gasteiger partial charge in [-0.05, 0) is 91.3 Å². The summed E-state index contributed by atoms with van der Waals surface area (Å²) in [5.74, 6) is 0.774. The molecule has 51 heavy (non-hydrogen) atoms. The normalized spacial score (nSPS) is 12.5. The van der Waals surface area contributed by atoms with Gasteiger partial charge in [0.2, 0.25) is 0 Å². The Labute approximate surface area is 305 Å². The Bertz CT molecular complexity index is 2320. The molecule has 0 saturated carbocycles. The van der Waals surface area contributed by atoms with Gasteiger partial charge in [-0.2, -0.15) is 0 Å². The largest absolute Gasteiger partial charge is 0.505 e. The van der Waals surface area contributed by atoms with Gasteiger partial charge in [0.05, 0.1) is 0 Å². The molecule has 2 N–H and O–H groups in total. The SMILES string of the molecule is CCCCCCCCCCCCc1cc(C)cc(-n2n3c4ccccc4n23)c1O.Cc1cc(-n2n3c4ccc(Cl)cc4n23)c(O)c(C(C)(C)C)c1. The van der Waals surface area contributed by atoms with Crippen LogP contribution in [0.4, 0.5) is 0 Å². The number of aromatic hydroxyl groups is 2. The molecule has 9 heteroatoms. The molecular weight excluding hydrogens is 656 g/mol. The van der Waals surface area contributed by atoms with Gasteiger partial charge in [-0.1, -0.05) is 121 Å². The highest BCUT2D eigenvalue weighted by molar-refractivity contribution is 6.31. The van der Waals surface area contributed by atoms with Crippen molar-refractivity contribution in [3.63, 3.8) is 0 Å². The van der Waals surface area contributed by atoms with E-state index in [1.807, 2.05) is 38.3 Å². The van der Waals surface area contributed by atoms with Gasteiger partial charge in [-0.3, -0.25) is 0 Å². The molecule has 0 saturated heterocycles. The van der Waals surface area contributed by atoms with E-state index in [1.165, 1.54) is 74.4 Å². The summed E-state index contributed by atoms with van der Waals surface area (Å²) in [4.78, 5) is 4.04. The van der Waals surface area contributed by atoms with Crippen molar-refractivity contribution >= 4 is 33.7 Å². The zero-order chi connectivity index (χ0) is 36.0. The number of halogens is 1. The highest BCUT2D eigenvalue weighted by Gasteiger charge is 2.29. The summed E-state index contributed by atoms with van der Waals surface area (Å²) in [6.45, 7) is 12.8. The van der Waals surface area contributed by atoms with Crippen molar-refractivity contribution in [3.05, 3.63) is 94.0 Å². The predicted octanol–water partition coefficient (Wildman–Crippen LogP) is 11.3. The van der Waals surface area contributed by atoms with Crippen LogP contribution in [0.5, 0.6) is 11.5 Å². The van der Waals surface area contributed by atoms with Gasteiger partial charge in [0, 0.05) is 10.6 Å². The minimum absolute atomic E-state index is 0.110. The first kappa shape index (κ1) is 35.0. The number of nitrogens with zero attached hydrogens (tertiary/aromatic N) is 6. The summed E-state index contributed by atoms with van der Waals surface area (Å²) >= 11 is 6.06. The summed E-state index contributed by atoms with van der Waals surface area (Å²) < 4.78 is 8.23. The van der Waals surface area contributed by atoms with Crippen LogP contribution in [0.15, 0.2) is 66.7 Å². The fraction of sp³-hybridized carbons (Fsp3) is 0.429. The summed E-state index contributed by atoms with van der Waals surface area (Å²) in [5.41, 5.74) is 10.5. The molecule has 8 aromatic rings. The number of unbranched alkanes of at least 4 members (excludes halogenated alkanes) is 9. The maximum Gasteiger partial charge on any atom is 0.146 e. The highest BCUT2D eigenvalue weighted by Crippen LogP contribution is 2.39. The molecule has 8 nitrogen and oxygen atoms in total. The Morgan fingerprint density at radius 3 is 1.63 bits per heavy atom. The van der Waals surface area contributed by atoms with E-state index in [-0.39, 0.29) is 5.41 Å². The Balaban J connectivity index is 0.000000165. The van der Waals surface area contributed by atoms with E-state index >= 15 is 0 Å². The first-order valence-electron chi connectivity index (χ1n) is 18.9. The third kappa shape index (κ3) is 6.71. The Morgan fingerprint density at radius 2 is 1.06 bits per heavy atom. The number of phenolic OH excluding ortho intramolecular Hbond substituents is 2. The van der Waals surface area contributed by atoms with Crippen molar-refractivity contribution in [2.45, 2.75) is 118 Å². The lowest BCUT2D eigenvalue weighted by atomic mass is 9.85. The van der Waals surface area contributed by atoms with Crippen LogP contribution in [0.1, 0.15) is 114 Å². The summed E-state index contributed by atoms with van der Waals surface area (Å²) in [5, 5.41) is 22.4. The Kier molecular flexibility index (Phi) is 9.57. The highest BCUT2D eigenvalue weighted by atomic mass is 35.5. The average molecular weight is 709 g/mol. The summed E-state index contributed by atoms with van der Waals surface area (Å²) in [6.07, 6.45) is 14.3. The Morgan fingerprint density at radius 1 is 0.569 bits per heavy atom. The third-order valence-corrected chi connectivity index (χ3v) is 10.5. The van der Waals surface area contributed by atoms with E-state index in [9.17, 15) is 10.2 Å². The minimum Gasteiger partial charge on any atom is -0.505 e. The van der Waals surface area contributed by atoms with E-state index in [0.717, 1.165) is 51.9 Å². The zero-order valence-corrected chi connectivity index (χ0v) is 31.8. The second-order valence-corrected chi connectivity index (χ2v) is 15.9. The second kappa shape index (κ2) is 13.9. The molecule has 0 aliphatic heterocycles. The third-order valence-electron chi connectivity index (χ3n) is 10.3. The predicted molar refractivity (Wildman–Crippen MR) is 210 cm³/mol. The monoisotopic (exact) mass is 708 g/mol. The van der Waals surface area contributed by atoms with Crippen LogP contribution in [0.25, 0.3) is 33.4 Å². The van der Waals surface area contributed by atoms with Crippen LogP contribution in [-0.2, 0) is 11.8 Å². The standard InChI is InChI=1S/C25H35N3O.C17H18ClN3O/c1-3-4-5-6-7-8-9-10-11-12-15-21-18-20(2)19-24(25(21)29)28-26-22-16-13-14-17-23(22)27(26)28;1-10-7-12(17(2,3)4)16(22)15(8-10)21-19-13-6-5-11(18)9-14(13)20(19)21/h13-14,16-19,29H,3-12,15H2,1-2H3;5-9,22H,1-4H3. The summed E-state index contributed by atoms with van der Waals surface area (Å²) in [6, 6.07) is 22.4. The van der Waals surface area contributed by atoms with Gasteiger partial charge >= 0.3 is 0 Å². The number of hydrogen-bond acceptors (Lipinski definition) is 2. The molecule has 0 fully saturated rings. The van der Waals surface area contributed by atoms with Gasteiger partial charge < -0.3 is 10.2 Å². The van der Waals surface area contributed by atoms with Gasteiger partial charge in [0.25, 0.3) is 0 Å². The minimum atomic E-state index is -0.110. The second-order valence-electron chi connectivity index (χ2n) is 15.5. The topological polar surface area (TPSA) is 68.0 Å². The molecule has 4 aromatic heterocycles. The molecule has 0 unspecified atom stereocenters. The number of hydrogen-bond donors (Lipinski definition) is 2. The number of benzene rings is 4. The van der Waals surface area contributed by atoms with Crippen molar-refractivity contribution in [1.29, 1.82) is 0 Å². The molecule has 0 atom stereocenters. The first-order chi connectivity index (χ1) is 24.5. The van der Waals surface area contributed by atoms with Crippen molar-refractivity contribution in [2.75, 3.05) is 0 Å². The van der Waals surface area contributed by atoms with Crippen LogP contribution in [0, 0.1) is 13.8 Å². The average Bonchev–Trinajstić information content (AvgIpc) is 3.96. The van der Waals surface area contributed by atoms with E-state index in [4.69, 9.17) is 11.6 Å². The molecule has 4 heterocycles.